The van der Waals surface area contributed by atoms with Crippen molar-refractivity contribution in [1.82, 2.24) is 15.2 Å². The summed E-state index contributed by atoms with van der Waals surface area (Å²) < 4.78 is 45.9. The number of morpholine rings is 1. The number of rotatable bonds is 10. The summed E-state index contributed by atoms with van der Waals surface area (Å²) in [6, 6.07) is 5.81. The van der Waals surface area contributed by atoms with Gasteiger partial charge >= 0.3 is 0 Å². The van der Waals surface area contributed by atoms with Gasteiger partial charge in [0.2, 0.25) is 5.92 Å². The van der Waals surface area contributed by atoms with E-state index >= 15 is 0 Å². The van der Waals surface area contributed by atoms with Crippen molar-refractivity contribution in [3.05, 3.63) is 50.9 Å². The third-order valence-electron chi connectivity index (χ3n) is 9.59. The van der Waals surface area contributed by atoms with Crippen molar-refractivity contribution in [1.29, 1.82) is 0 Å². The number of alkyl halides is 2. The van der Waals surface area contributed by atoms with Gasteiger partial charge in [0.1, 0.15) is 17.6 Å². The van der Waals surface area contributed by atoms with E-state index in [9.17, 15) is 18.4 Å². The van der Waals surface area contributed by atoms with Gasteiger partial charge in [-0.15, -0.1) is 0 Å². The molecule has 9 nitrogen and oxygen atoms in total. The molecule has 2 unspecified atom stereocenters. The SMILES string of the molecule is CCN(c1cc(OC2CC(N3CC(C)OC(C)C3)C2)cc(C(=O)NCc2c(OC)cc(C)[nH]c2=O)c1C)C1CCC(F)(F)CC1. The van der Waals surface area contributed by atoms with E-state index < -0.39 is 5.92 Å². The number of carbonyl (C=O) groups is 1. The molecule has 2 atom stereocenters. The van der Waals surface area contributed by atoms with Crippen LogP contribution in [0.5, 0.6) is 11.5 Å². The van der Waals surface area contributed by atoms with Crippen LogP contribution in [-0.2, 0) is 11.3 Å². The lowest BCUT2D eigenvalue weighted by Crippen LogP contribution is -2.56. The number of hydrogen-bond donors (Lipinski definition) is 2. The number of pyridine rings is 1. The third kappa shape index (κ3) is 7.62. The molecule has 1 amide bonds. The highest BCUT2D eigenvalue weighted by atomic mass is 19.3. The number of halogens is 2. The fourth-order valence-electron chi connectivity index (χ4n) is 7.18. The van der Waals surface area contributed by atoms with E-state index in [1.54, 1.807) is 19.1 Å². The van der Waals surface area contributed by atoms with Crippen LogP contribution in [0.4, 0.5) is 14.5 Å². The molecular formula is C34H48F2N4O5. The van der Waals surface area contributed by atoms with E-state index in [2.05, 4.69) is 33.9 Å². The summed E-state index contributed by atoms with van der Waals surface area (Å²) in [4.78, 5) is 33.8. The molecule has 2 aliphatic carbocycles. The van der Waals surface area contributed by atoms with Crippen molar-refractivity contribution in [2.24, 2.45) is 0 Å². The van der Waals surface area contributed by atoms with Gasteiger partial charge in [-0.3, -0.25) is 14.5 Å². The molecule has 2 N–H and O–H groups in total. The zero-order valence-electron chi connectivity index (χ0n) is 27.4. The van der Waals surface area contributed by atoms with Crippen LogP contribution in [-0.4, -0.2) is 78.9 Å². The molecular weight excluding hydrogens is 582 g/mol. The maximum absolute atomic E-state index is 14.1. The number of ether oxygens (including phenoxy) is 3. The monoisotopic (exact) mass is 630 g/mol. The summed E-state index contributed by atoms with van der Waals surface area (Å²) in [5.41, 5.74) is 2.65. The van der Waals surface area contributed by atoms with E-state index in [0.717, 1.165) is 37.2 Å². The zero-order valence-corrected chi connectivity index (χ0v) is 27.4. The fourth-order valence-corrected chi connectivity index (χ4v) is 7.18. The second-order valence-corrected chi connectivity index (χ2v) is 13.1. The van der Waals surface area contributed by atoms with Crippen LogP contribution in [0.25, 0.3) is 0 Å². The Kier molecular flexibility index (Phi) is 10.1. The highest BCUT2D eigenvalue weighted by Gasteiger charge is 2.39. The average molecular weight is 631 g/mol. The first-order valence-corrected chi connectivity index (χ1v) is 16.3. The van der Waals surface area contributed by atoms with Crippen molar-refractivity contribution in [2.75, 3.05) is 31.6 Å². The highest BCUT2D eigenvalue weighted by Crippen LogP contribution is 2.40. The maximum Gasteiger partial charge on any atom is 0.256 e. The van der Waals surface area contributed by atoms with Gasteiger partial charge in [0.15, 0.2) is 0 Å². The largest absolute Gasteiger partial charge is 0.496 e. The molecule has 1 saturated heterocycles. The van der Waals surface area contributed by atoms with Gasteiger partial charge < -0.3 is 29.4 Å². The number of nitrogens with one attached hydrogen (secondary N) is 2. The molecule has 3 aliphatic rings. The Bertz CT molecular complexity index is 1410. The van der Waals surface area contributed by atoms with Crippen LogP contribution in [0, 0.1) is 13.8 Å². The molecule has 11 heteroatoms. The minimum absolute atomic E-state index is 0.00810. The second kappa shape index (κ2) is 13.7. The molecule has 1 aromatic carbocycles. The lowest BCUT2D eigenvalue weighted by Gasteiger charge is -2.47. The first-order valence-electron chi connectivity index (χ1n) is 16.3. The molecule has 2 saturated carbocycles. The van der Waals surface area contributed by atoms with Crippen LogP contribution >= 0.6 is 0 Å². The number of benzene rings is 1. The zero-order chi connectivity index (χ0) is 32.5. The molecule has 1 aliphatic heterocycles. The Labute approximate surface area is 264 Å². The number of hydrogen-bond acceptors (Lipinski definition) is 7. The lowest BCUT2D eigenvalue weighted by molar-refractivity contribution is -0.103. The molecule has 0 bridgehead atoms. The van der Waals surface area contributed by atoms with Gasteiger partial charge in [-0.25, -0.2) is 8.78 Å². The molecule has 248 valence electrons. The van der Waals surface area contributed by atoms with Gasteiger partial charge in [0, 0.05) is 80.4 Å². The molecule has 2 aromatic rings. The number of anilines is 1. The van der Waals surface area contributed by atoms with E-state index in [1.807, 2.05) is 19.9 Å². The van der Waals surface area contributed by atoms with Crippen molar-refractivity contribution < 1.29 is 27.8 Å². The summed E-state index contributed by atoms with van der Waals surface area (Å²) in [7, 11) is 1.49. The molecule has 0 radical (unpaired) electrons. The van der Waals surface area contributed by atoms with E-state index in [1.165, 1.54) is 7.11 Å². The summed E-state index contributed by atoms with van der Waals surface area (Å²) in [6.45, 7) is 12.3. The summed E-state index contributed by atoms with van der Waals surface area (Å²) >= 11 is 0. The number of nitrogens with zero attached hydrogens (tertiary/aromatic N) is 2. The Hall–Kier alpha value is -3.18. The summed E-state index contributed by atoms with van der Waals surface area (Å²) in [5.74, 6) is -2.00. The standard InChI is InChI=1S/C34H48F2N4O5/c1-7-40(24-8-10-34(35,36)11-9-24)30-16-27(45-26-13-25(14-26)39-18-21(3)44-22(4)19-39)15-28(23(30)5)32(41)37-17-29-31(43-6)12-20(2)38-33(29)42/h12,15-16,21-22,24-26H,7-11,13-14,17-19H2,1-6H3,(H,37,41)(H,38,42). The summed E-state index contributed by atoms with van der Waals surface area (Å²) in [5, 5.41) is 2.90. The number of carbonyl (C=O) groups excluding carboxylic acids is 1. The van der Waals surface area contributed by atoms with Gasteiger partial charge in [0.05, 0.1) is 31.4 Å². The minimum Gasteiger partial charge on any atom is -0.496 e. The van der Waals surface area contributed by atoms with Gasteiger partial charge in [0.25, 0.3) is 11.5 Å². The quantitative estimate of drug-likeness (QED) is 0.365. The second-order valence-electron chi connectivity index (χ2n) is 13.1. The van der Waals surface area contributed by atoms with E-state index in [4.69, 9.17) is 14.2 Å². The Morgan fingerprint density at radius 2 is 1.80 bits per heavy atom. The fraction of sp³-hybridized carbons (Fsp3) is 0.647. The normalized spacial score (nSPS) is 25.3. The Balaban J connectivity index is 1.38. The highest BCUT2D eigenvalue weighted by molar-refractivity contribution is 5.97. The van der Waals surface area contributed by atoms with E-state index in [-0.39, 0.29) is 55.2 Å². The van der Waals surface area contributed by atoms with Gasteiger partial charge in [-0.05, 0) is 65.2 Å². The number of aromatic amines is 1. The predicted molar refractivity (Wildman–Crippen MR) is 170 cm³/mol. The van der Waals surface area contributed by atoms with Crippen LogP contribution in [0.3, 0.4) is 0 Å². The average Bonchev–Trinajstić information content (AvgIpc) is 2.95. The number of aryl methyl sites for hydroxylation is 1. The number of aromatic nitrogens is 1. The predicted octanol–water partition coefficient (Wildman–Crippen LogP) is 5.35. The van der Waals surface area contributed by atoms with Gasteiger partial charge in [-0.1, -0.05) is 0 Å². The van der Waals surface area contributed by atoms with Crippen LogP contribution in [0.15, 0.2) is 23.0 Å². The van der Waals surface area contributed by atoms with Gasteiger partial charge in [-0.2, -0.15) is 0 Å². The Morgan fingerprint density at radius 1 is 1.13 bits per heavy atom. The lowest BCUT2D eigenvalue weighted by atomic mass is 9.87. The topological polar surface area (TPSA) is 96.1 Å². The molecule has 45 heavy (non-hydrogen) atoms. The first kappa shape index (κ1) is 33.2. The van der Waals surface area contributed by atoms with E-state index in [0.29, 0.717) is 53.7 Å². The van der Waals surface area contributed by atoms with Crippen LogP contribution < -0.4 is 25.2 Å². The Morgan fingerprint density at radius 3 is 2.42 bits per heavy atom. The van der Waals surface area contributed by atoms with Crippen molar-refractivity contribution >= 4 is 11.6 Å². The third-order valence-corrected chi connectivity index (χ3v) is 9.59. The molecule has 5 rings (SSSR count). The first-order chi connectivity index (χ1) is 21.4. The summed E-state index contributed by atoms with van der Waals surface area (Å²) in [6.07, 6.45) is 2.64. The van der Waals surface area contributed by atoms with Crippen LogP contribution in [0.1, 0.15) is 86.5 Å². The van der Waals surface area contributed by atoms with Crippen LogP contribution in [0.2, 0.25) is 0 Å². The van der Waals surface area contributed by atoms with Crippen molar-refractivity contribution in [3.8, 4) is 11.5 Å². The number of methoxy groups -OCH3 is 1. The number of H-pyrrole nitrogens is 1. The minimum atomic E-state index is -2.63. The molecule has 3 fully saturated rings. The number of amides is 1. The molecule has 2 heterocycles. The molecule has 0 spiro atoms. The van der Waals surface area contributed by atoms with Crippen molar-refractivity contribution in [3.63, 3.8) is 0 Å². The smallest absolute Gasteiger partial charge is 0.256 e. The van der Waals surface area contributed by atoms with Crippen molar-refractivity contribution in [2.45, 2.75) is 116 Å². The maximum atomic E-state index is 14.1. The molecule has 1 aromatic heterocycles.